The highest BCUT2D eigenvalue weighted by molar-refractivity contribution is 8.76. The molecule has 8 heavy (non-hydrogen) atoms. The fourth-order valence-corrected chi connectivity index (χ4v) is 577. The Kier molecular flexibility index (Phi) is 0.388. The highest BCUT2D eigenvalue weighted by Gasteiger charge is 3.00. The quantitative estimate of drug-likeness (QED) is 0.384. The van der Waals surface area contributed by atoms with Crippen LogP contribution in [-0.4, -0.2) is 58.8 Å². The van der Waals surface area contributed by atoms with E-state index >= 15 is 0 Å². The van der Waals surface area contributed by atoms with E-state index in [1.807, 2.05) is 0 Å². The molecule has 0 aliphatic carbocycles. The lowest BCUT2D eigenvalue weighted by molar-refractivity contribution is 2.76. The zero-order valence-electron chi connectivity index (χ0n) is 4.00. The monoisotopic (exact) mass is 224 g/mol. The third-order valence-corrected chi connectivity index (χ3v) is 243. The summed E-state index contributed by atoms with van der Waals surface area (Å²) in [6, 6.07) is 0. The van der Waals surface area contributed by atoms with E-state index in [9.17, 15) is 0 Å². The molecule has 0 N–H and O–H groups in total. The van der Waals surface area contributed by atoms with Crippen molar-refractivity contribution in [2.45, 2.75) is 0 Å². The molecular formula is Si8. The first kappa shape index (κ1) is 3.94. The molecule has 0 unspecified atom stereocenters. The fraction of sp³-hybridized carbons (Fsp3) is 0. The molecule has 6 rings (SSSR count). The minimum absolute atomic E-state index is 0.926. The standard InChI is InChI=1S/Si8/c1-2-5-3(1)7-4(1)6(2)8(5)7. The molecule has 8 heteroatoms. The Bertz CT molecular complexity index is 110. The predicted octanol–water partition coefficient (Wildman–Crippen LogP) is -3.05. The molecule has 0 bridgehead atoms. The molecule has 0 aromatic carbocycles. The molecule has 8 radical (unpaired) electrons. The van der Waals surface area contributed by atoms with Gasteiger partial charge in [0.1, 0.15) is 0 Å². The zero-order chi connectivity index (χ0) is 4.62. The molecule has 6 aliphatic heterocycles. The number of hydrogen-bond donors (Lipinski definition) is 0. The molecule has 6 aliphatic rings. The van der Waals surface area contributed by atoms with Gasteiger partial charge in [0.2, 0.25) is 0 Å². The van der Waals surface area contributed by atoms with Crippen molar-refractivity contribution in [3.05, 3.63) is 0 Å². The van der Waals surface area contributed by atoms with E-state index in [1.54, 1.807) is 0 Å². The van der Waals surface area contributed by atoms with Gasteiger partial charge in [-0.2, -0.15) is 0 Å². The van der Waals surface area contributed by atoms with Crippen LogP contribution < -0.4 is 0 Å². The lowest BCUT2D eigenvalue weighted by atomic mass is 25.1. The van der Waals surface area contributed by atoms with Crippen LogP contribution in [0.4, 0.5) is 0 Å². The summed E-state index contributed by atoms with van der Waals surface area (Å²) in [7, 11) is 7.41. The summed E-state index contributed by atoms with van der Waals surface area (Å²) in [4.78, 5) is 0. The smallest absolute Gasteiger partial charge is 0 e. The highest BCUT2D eigenvalue weighted by atomic mass is 31.1. The Morgan fingerprint density at radius 2 is 0.375 bits per heavy atom. The molecule has 6 saturated heterocycles. The van der Waals surface area contributed by atoms with Crippen molar-refractivity contribution in [2.24, 2.45) is 0 Å². The third-order valence-electron chi connectivity index (χ3n) is 3.00. The molecular weight excluding hydrogens is 225 g/mol. The second-order valence-electron chi connectivity index (χ2n) is 3.00. The van der Waals surface area contributed by atoms with Crippen molar-refractivity contribution in [3.63, 3.8) is 0 Å². The average Bonchev–Trinajstić information content (AvgIpc) is 1.90. The van der Waals surface area contributed by atoms with Crippen LogP contribution in [0.2, 0.25) is 0 Å². The zero-order valence-corrected chi connectivity index (χ0v) is 12.0. The van der Waals surface area contributed by atoms with Gasteiger partial charge in [-0.25, -0.2) is 0 Å². The number of rotatable bonds is 0. The van der Waals surface area contributed by atoms with Gasteiger partial charge in [0.15, 0.2) is 0 Å². The van der Waals surface area contributed by atoms with Crippen LogP contribution in [0.1, 0.15) is 0 Å². The summed E-state index contributed by atoms with van der Waals surface area (Å²) >= 11 is 0. The van der Waals surface area contributed by atoms with Gasteiger partial charge in [0.05, 0.1) is 0 Å². The second kappa shape index (κ2) is 0.789. The second-order valence-corrected chi connectivity index (χ2v) is 81.0. The molecule has 0 aromatic heterocycles. The molecule has 0 aromatic rings. The Morgan fingerprint density at radius 1 is 0.250 bits per heavy atom. The first-order valence-corrected chi connectivity index (χ1v) is 27.0. The van der Waals surface area contributed by atoms with Gasteiger partial charge in [-0.05, 0) is 0 Å². The van der Waals surface area contributed by atoms with Gasteiger partial charge in [-0.1, -0.05) is 0 Å². The van der Waals surface area contributed by atoms with Crippen molar-refractivity contribution >= 4 is 58.8 Å². The van der Waals surface area contributed by atoms with Crippen LogP contribution in [0.15, 0.2) is 0 Å². The largest absolute Gasteiger partial charge is 0 e. The van der Waals surface area contributed by atoms with Crippen LogP contribution >= 0.6 is 0 Å². The summed E-state index contributed by atoms with van der Waals surface area (Å²) in [5, 5.41) is 0. The van der Waals surface area contributed by atoms with Crippen molar-refractivity contribution in [1.29, 1.82) is 0 Å². The molecule has 6 fully saturated rings. The van der Waals surface area contributed by atoms with E-state index in [4.69, 9.17) is 0 Å². The predicted molar refractivity (Wildman–Crippen MR) is 46.0 cm³/mol. The minimum atomic E-state index is 0.926. The molecule has 32 valence electrons. The number of hydrogen-bond acceptors (Lipinski definition) is 0. The molecule has 0 atom stereocenters. The van der Waals surface area contributed by atoms with Crippen molar-refractivity contribution < 1.29 is 0 Å². The molecule has 0 nitrogen and oxygen atoms in total. The van der Waals surface area contributed by atoms with Gasteiger partial charge in [-0.15, -0.1) is 0 Å². The van der Waals surface area contributed by atoms with E-state index < -0.39 is 0 Å². The molecule has 6 heterocycles. The van der Waals surface area contributed by atoms with Crippen LogP contribution in [0.3, 0.4) is 0 Å². The molecule has 0 saturated carbocycles. The summed E-state index contributed by atoms with van der Waals surface area (Å²) in [6.07, 6.45) is 0. The minimum Gasteiger partial charge on any atom is 0 e. The van der Waals surface area contributed by atoms with E-state index in [2.05, 4.69) is 0 Å². The van der Waals surface area contributed by atoms with Gasteiger partial charge in [0.25, 0.3) is 0 Å². The summed E-state index contributed by atoms with van der Waals surface area (Å²) in [5.74, 6) is 0. The Labute approximate surface area is 58.6 Å². The Morgan fingerprint density at radius 3 is 0.500 bits per heavy atom. The summed E-state index contributed by atoms with van der Waals surface area (Å²) in [6.45, 7) is 0. The van der Waals surface area contributed by atoms with Crippen LogP contribution in [0.25, 0.3) is 0 Å². The van der Waals surface area contributed by atoms with Crippen LogP contribution in [-0.2, 0) is 0 Å². The van der Waals surface area contributed by atoms with E-state index in [0.29, 0.717) is 0 Å². The maximum absolute atomic E-state index is 0.926. The summed E-state index contributed by atoms with van der Waals surface area (Å²) in [5.41, 5.74) is 0. The highest BCUT2D eigenvalue weighted by Crippen LogP contribution is 2.62. The topological polar surface area (TPSA) is 0 Å². The fourth-order valence-electron chi connectivity index (χ4n) is 2.62. The van der Waals surface area contributed by atoms with Crippen molar-refractivity contribution in [1.82, 2.24) is 0 Å². The van der Waals surface area contributed by atoms with Crippen LogP contribution in [0.5, 0.6) is 0 Å². The van der Waals surface area contributed by atoms with Crippen LogP contribution in [0, 0.1) is 0 Å². The Balaban J connectivity index is 2.00. The normalized spacial score (nSPS) is 54.0. The summed E-state index contributed by atoms with van der Waals surface area (Å²) < 4.78 is 0. The lowest BCUT2D eigenvalue weighted by Gasteiger charge is -3.00. The van der Waals surface area contributed by atoms with E-state index in [-0.39, 0.29) is 0 Å². The lowest BCUT2D eigenvalue weighted by Crippen LogP contribution is -3.38. The molecule has 0 spiro atoms. The van der Waals surface area contributed by atoms with Gasteiger partial charge in [-0.3, -0.25) is 0 Å². The molecule has 0 amide bonds. The van der Waals surface area contributed by atoms with Crippen molar-refractivity contribution in [3.8, 4) is 0 Å². The van der Waals surface area contributed by atoms with Gasteiger partial charge in [0, 0.05) is 58.8 Å². The maximum atomic E-state index is 0.926. The third kappa shape index (κ3) is 0.142. The Hall–Kier alpha value is 1.74. The van der Waals surface area contributed by atoms with E-state index in [0.717, 1.165) is 58.8 Å². The van der Waals surface area contributed by atoms with E-state index in [1.165, 1.54) is 0 Å². The average molecular weight is 225 g/mol. The van der Waals surface area contributed by atoms with Gasteiger partial charge >= 0.3 is 0 Å². The van der Waals surface area contributed by atoms with Crippen molar-refractivity contribution in [2.75, 3.05) is 0 Å². The maximum Gasteiger partial charge on any atom is 0 e. The first-order chi connectivity index (χ1) is 4.00. The van der Waals surface area contributed by atoms with Gasteiger partial charge < -0.3 is 0 Å². The SMILES string of the molecule is [Si]12[Si]3[Si]4[Si]1[Si]1[Si]2[Si]3[Si]41. The first-order valence-electron chi connectivity index (χ1n) is 3.00.